The maximum Gasteiger partial charge on any atom is 0.147 e. The average Bonchev–Trinajstić information content (AvgIpc) is 2.81. The molecule has 1 fully saturated rings. The molecule has 0 unspecified atom stereocenters. The van der Waals surface area contributed by atoms with Crippen LogP contribution in [-0.4, -0.2) is 28.2 Å². The van der Waals surface area contributed by atoms with Gasteiger partial charge < -0.3 is 10.0 Å². The summed E-state index contributed by atoms with van der Waals surface area (Å²) in [6.07, 6.45) is 8.46. The van der Waals surface area contributed by atoms with Gasteiger partial charge in [-0.05, 0) is 12.8 Å². The fourth-order valence-corrected chi connectivity index (χ4v) is 2.12. The molecule has 0 atom stereocenters. The van der Waals surface area contributed by atoms with Crippen LogP contribution in [-0.2, 0) is 6.61 Å². The van der Waals surface area contributed by atoms with Crippen LogP contribution < -0.4 is 4.90 Å². The third kappa shape index (κ3) is 2.26. The quantitative estimate of drug-likeness (QED) is 0.812. The largest absolute Gasteiger partial charge is 0.390 e. The number of nitrogens with zero attached hydrogens (tertiary/aromatic N) is 3. The molecule has 0 spiro atoms. The Morgan fingerprint density at radius 1 is 1.40 bits per heavy atom. The summed E-state index contributed by atoms with van der Waals surface area (Å²) in [6.45, 7) is -0.0423. The summed E-state index contributed by atoms with van der Waals surface area (Å²) in [5.41, 5.74) is 0.636. The lowest BCUT2D eigenvalue weighted by molar-refractivity contribution is 0.276. The molecule has 1 heterocycles. The molecule has 0 aliphatic heterocycles. The van der Waals surface area contributed by atoms with Crippen LogP contribution in [0.4, 0.5) is 5.82 Å². The van der Waals surface area contributed by atoms with E-state index >= 15 is 0 Å². The lowest BCUT2D eigenvalue weighted by atomic mass is 10.2. The van der Waals surface area contributed by atoms with Crippen molar-refractivity contribution in [2.45, 2.75) is 38.3 Å². The van der Waals surface area contributed by atoms with Crippen molar-refractivity contribution in [2.75, 3.05) is 11.9 Å². The van der Waals surface area contributed by atoms with Gasteiger partial charge in [0.2, 0.25) is 0 Å². The molecule has 0 aromatic carbocycles. The third-order valence-electron chi connectivity index (χ3n) is 3.07. The first kappa shape index (κ1) is 10.4. The molecule has 4 nitrogen and oxygen atoms in total. The third-order valence-corrected chi connectivity index (χ3v) is 3.07. The molecule has 1 saturated carbocycles. The fourth-order valence-electron chi connectivity index (χ4n) is 2.12. The highest BCUT2D eigenvalue weighted by Crippen LogP contribution is 2.25. The SMILES string of the molecule is CN(c1cncc(CO)n1)C1CCCC1. The molecular formula is C11H17N3O. The van der Waals surface area contributed by atoms with Gasteiger partial charge in [0.05, 0.1) is 24.7 Å². The predicted octanol–water partition coefficient (Wildman–Crippen LogP) is 1.35. The molecule has 2 rings (SSSR count). The Balaban J connectivity index is 2.13. The molecular weight excluding hydrogens is 190 g/mol. The highest BCUT2D eigenvalue weighted by molar-refractivity contribution is 5.36. The van der Waals surface area contributed by atoms with Crippen LogP contribution in [0.3, 0.4) is 0 Å². The second kappa shape index (κ2) is 4.57. The van der Waals surface area contributed by atoms with Crippen LogP contribution in [0.15, 0.2) is 12.4 Å². The van der Waals surface area contributed by atoms with Crippen molar-refractivity contribution in [3.8, 4) is 0 Å². The summed E-state index contributed by atoms with van der Waals surface area (Å²) < 4.78 is 0. The molecule has 1 aliphatic carbocycles. The van der Waals surface area contributed by atoms with Crippen LogP contribution in [0.1, 0.15) is 31.4 Å². The number of hydrogen-bond donors (Lipinski definition) is 1. The molecule has 0 bridgehead atoms. The zero-order valence-corrected chi connectivity index (χ0v) is 9.06. The monoisotopic (exact) mass is 207 g/mol. The number of anilines is 1. The van der Waals surface area contributed by atoms with E-state index in [2.05, 4.69) is 21.9 Å². The highest BCUT2D eigenvalue weighted by atomic mass is 16.3. The Kier molecular flexibility index (Phi) is 3.16. The van der Waals surface area contributed by atoms with Gasteiger partial charge in [-0.3, -0.25) is 4.98 Å². The van der Waals surface area contributed by atoms with E-state index in [9.17, 15) is 0 Å². The Morgan fingerprint density at radius 3 is 2.80 bits per heavy atom. The van der Waals surface area contributed by atoms with E-state index in [1.54, 1.807) is 12.4 Å². The Hall–Kier alpha value is -1.16. The van der Waals surface area contributed by atoms with Gasteiger partial charge in [0.25, 0.3) is 0 Å². The van der Waals surface area contributed by atoms with Crippen LogP contribution in [0.5, 0.6) is 0 Å². The molecule has 1 aromatic heterocycles. The number of rotatable bonds is 3. The van der Waals surface area contributed by atoms with E-state index in [0.29, 0.717) is 11.7 Å². The molecule has 1 aliphatic rings. The number of aromatic nitrogens is 2. The molecule has 0 radical (unpaired) electrons. The number of aliphatic hydroxyl groups excluding tert-OH is 1. The van der Waals surface area contributed by atoms with E-state index < -0.39 is 0 Å². The predicted molar refractivity (Wildman–Crippen MR) is 58.6 cm³/mol. The Bertz CT molecular complexity index is 323. The lowest BCUT2D eigenvalue weighted by Crippen LogP contribution is -2.29. The second-order valence-electron chi connectivity index (χ2n) is 4.08. The van der Waals surface area contributed by atoms with E-state index in [0.717, 1.165) is 5.82 Å². The van der Waals surface area contributed by atoms with E-state index in [4.69, 9.17) is 5.11 Å². The maximum atomic E-state index is 8.99. The van der Waals surface area contributed by atoms with E-state index in [-0.39, 0.29) is 6.61 Å². The minimum atomic E-state index is -0.0423. The molecule has 1 N–H and O–H groups in total. The van der Waals surface area contributed by atoms with Gasteiger partial charge in [-0.2, -0.15) is 0 Å². The first-order chi connectivity index (χ1) is 7.31. The van der Waals surface area contributed by atoms with Gasteiger partial charge in [0.1, 0.15) is 5.82 Å². The number of aliphatic hydroxyl groups is 1. The standard InChI is InChI=1S/C11H17N3O/c1-14(10-4-2-3-5-10)11-7-12-6-9(8-15)13-11/h6-7,10,15H,2-5,8H2,1H3. The van der Waals surface area contributed by atoms with Crippen molar-refractivity contribution in [1.82, 2.24) is 9.97 Å². The van der Waals surface area contributed by atoms with Crippen LogP contribution >= 0.6 is 0 Å². The molecule has 4 heteroatoms. The normalized spacial score (nSPS) is 16.9. The molecule has 0 amide bonds. The maximum absolute atomic E-state index is 8.99. The second-order valence-corrected chi connectivity index (χ2v) is 4.08. The van der Waals surface area contributed by atoms with Crippen molar-refractivity contribution in [1.29, 1.82) is 0 Å². The highest BCUT2D eigenvalue weighted by Gasteiger charge is 2.20. The van der Waals surface area contributed by atoms with Crippen molar-refractivity contribution < 1.29 is 5.11 Å². The zero-order valence-electron chi connectivity index (χ0n) is 9.06. The lowest BCUT2D eigenvalue weighted by Gasteiger charge is -2.25. The first-order valence-corrected chi connectivity index (χ1v) is 5.46. The van der Waals surface area contributed by atoms with Crippen molar-refractivity contribution >= 4 is 5.82 Å². The molecule has 0 saturated heterocycles. The van der Waals surface area contributed by atoms with Crippen LogP contribution in [0.2, 0.25) is 0 Å². The molecule has 15 heavy (non-hydrogen) atoms. The zero-order chi connectivity index (χ0) is 10.7. The molecule has 82 valence electrons. The summed E-state index contributed by atoms with van der Waals surface area (Å²) in [5.74, 6) is 0.869. The Labute approximate surface area is 90.0 Å². The fraction of sp³-hybridized carbons (Fsp3) is 0.636. The smallest absolute Gasteiger partial charge is 0.147 e. The summed E-state index contributed by atoms with van der Waals surface area (Å²) in [7, 11) is 2.06. The van der Waals surface area contributed by atoms with Gasteiger partial charge in [-0.1, -0.05) is 12.8 Å². The van der Waals surface area contributed by atoms with Gasteiger partial charge >= 0.3 is 0 Å². The van der Waals surface area contributed by atoms with Crippen LogP contribution in [0.25, 0.3) is 0 Å². The van der Waals surface area contributed by atoms with Gasteiger partial charge in [-0.15, -0.1) is 0 Å². The minimum Gasteiger partial charge on any atom is -0.390 e. The number of hydrogen-bond acceptors (Lipinski definition) is 4. The van der Waals surface area contributed by atoms with E-state index in [1.807, 2.05) is 0 Å². The van der Waals surface area contributed by atoms with Crippen molar-refractivity contribution in [2.24, 2.45) is 0 Å². The summed E-state index contributed by atoms with van der Waals surface area (Å²) in [5, 5.41) is 8.99. The van der Waals surface area contributed by atoms with Gasteiger partial charge in [0.15, 0.2) is 0 Å². The summed E-state index contributed by atoms with van der Waals surface area (Å²) >= 11 is 0. The van der Waals surface area contributed by atoms with Gasteiger partial charge in [-0.25, -0.2) is 4.98 Å². The van der Waals surface area contributed by atoms with Crippen molar-refractivity contribution in [3.05, 3.63) is 18.1 Å². The summed E-state index contributed by atoms with van der Waals surface area (Å²) in [6, 6.07) is 0.591. The summed E-state index contributed by atoms with van der Waals surface area (Å²) in [4.78, 5) is 10.6. The van der Waals surface area contributed by atoms with Crippen LogP contribution in [0, 0.1) is 0 Å². The minimum absolute atomic E-state index is 0.0423. The average molecular weight is 207 g/mol. The van der Waals surface area contributed by atoms with Crippen molar-refractivity contribution in [3.63, 3.8) is 0 Å². The Morgan fingerprint density at radius 2 is 2.13 bits per heavy atom. The molecule has 1 aromatic rings. The van der Waals surface area contributed by atoms with Gasteiger partial charge in [0, 0.05) is 13.1 Å². The topological polar surface area (TPSA) is 49.2 Å². The van der Waals surface area contributed by atoms with E-state index in [1.165, 1.54) is 25.7 Å². The first-order valence-electron chi connectivity index (χ1n) is 5.46.